The van der Waals surface area contributed by atoms with E-state index < -0.39 is 0 Å². The van der Waals surface area contributed by atoms with E-state index >= 15 is 0 Å². The maximum absolute atomic E-state index is 12.5. The maximum atomic E-state index is 12.5. The van der Waals surface area contributed by atoms with Gasteiger partial charge >= 0.3 is 0 Å². The van der Waals surface area contributed by atoms with Gasteiger partial charge in [0, 0.05) is 16.8 Å². The summed E-state index contributed by atoms with van der Waals surface area (Å²) in [5, 5.41) is 12.5. The van der Waals surface area contributed by atoms with Crippen molar-refractivity contribution in [1.29, 1.82) is 0 Å². The van der Waals surface area contributed by atoms with Crippen molar-refractivity contribution in [3.05, 3.63) is 76.3 Å². The molecule has 5 nitrogen and oxygen atoms in total. The molecule has 0 aliphatic rings. The number of phenolic OH excluding ortho intramolecular Hbond substituents is 1. The van der Waals surface area contributed by atoms with Crippen molar-refractivity contribution in [2.24, 2.45) is 0 Å². The van der Waals surface area contributed by atoms with Gasteiger partial charge in [0.15, 0.2) is 5.58 Å². The Hall–Kier alpha value is -3.12. The topological polar surface area (TPSA) is 75.4 Å². The van der Waals surface area contributed by atoms with Gasteiger partial charge in [0.1, 0.15) is 11.3 Å². The Balaban J connectivity index is 1.64. The average molecular weight is 423 g/mol. The molecule has 2 N–H and O–H groups in total. The molecule has 1 heterocycles. The fourth-order valence-corrected chi connectivity index (χ4v) is 3.17. The van der Waals surface area contributed by atoms with Crippen molar-refractivity contribution >= 4 is 38.6 Å². The number of halogens is 1. The summed E-state index contributed by atoms with van der Waals surface area (Å²) in [7, 11) is 0. The van der Waals surface area contributed by atoms with Gasteiger partial charge in [0.05, 0.1) is 4.47 Å². The number of fused-ring (bicyclic) bond motifs is 1. The van der Waals surface area contributed by atoms with Crippen molar-refractivity contribution in [3.8, 4) is 17.2 Å². The molecule has 0 atom stereocenters. The van der Waals surface area contributed by atoms with Crippen LogP contribution in [0.3, 0.4) is 0 Å². The number of amides is 1. The van der Waals surface area contributed by atoms with Gasteiger partial charge in [-0.25, -0.2) is 4.98 Å². The van der Waals surface area contributed by atoms with Crippen LogP contribution in [0.4, 0.5) is 5.69 Å². The number of nitrogens with one attached hydrogen (secondary N) is 1. The number of aryl methyl sites for hydroxylation is 1. The number of aromatic nitrogens is 1. The summed E-state index contributed by atoms with van der Waals surface area (Å²) < 4.78 is 6.35. The molecule has 0 saturated heterocycles. The van der Waals surface area contributed by atoms with Crippen LogP contribution in [0.15, 0.2) is 69.6 Å². The summed E-state index contributed by atoms with van der Waals surface area (Å²) in [4.78, 5) is 17.0. The van der Waals surface area contributed by atoms with E-state index in [-0.39, 0.29) is 11.7 Å². The molecule has 0 spiro atoms. The number of rotatable bonds is 3. The van der Waals surface area contributed by atoms with Crippen molar-refractivity contribution in [1.82, 2.24) is 4.98 Å². The summed E-state index contributed by atoms with van der Waals surface area (Å²) in [6, 6.07) is 17.8. The van der Waals surface area contributed by atoms with E-state index in [9.17, 15) is 9.90 Å². The van der Waals surface area contributed by atoms with Gasteiger partial charge in [-0.3, -0.25) is 4.79 Å². The second kappa shape index (κ2) is 6.89. The van der Waals surface area contributed by atoms with E-state index in [1.807, 2.05) is 25.1 Å². The van der Waals surface area contributed by atoms with Crippen molar-refractivity contribution < 1.29 is 14.3 Å². The molecule has 0 bridgehead atoms. The van der Waals surface area contributed by atoms with Crippen molar-refractivity contribution in [2.45, 2.75) is 6.92 Å². The summed E-state index contributed by atoms with van der Waals surface area (Å²) in [5.74, 6) is 0.419. The summed E-state index contributed by atoms with van der Waals surface area (Å²) in [5.41, 5.74) is 4.17. The quantitative estimate of drug-likeness (QED) is 0.455. The Morgan fingerprint density at radius 3 is 2.70 bits per heavy atom. The SMILES string of the molecule is Cc1ccccc1C(=O)Nc1ccc2oc(-c3ccc(O)c(Br)c3)nc2c1. The van der Waals surface area contributed by atoms with Crippen LogP contribution >= 0.6 is 15.9 Å². The highest BCUT2D eigenvalue weighted by molar-refractivity contribution is 9.10. The van der Waals surface area contributed by atoms with Crippen LogP contribution in [0.2, 0.25) is 0 Å². The first-order valence-corrected chi connectivity index (χ1v) is 9.07. The standard InChI is InChI=1S/C21H15BrN2O3/c1-12-4-2-3-5-15(12)20(26)23-14-7-9-19-17(11-14)24-21(27-19)13-6-8-18(25)16(22)10-13/h2-11,25H,1H3,(H,23,26). The highest BCUT2D eigenvalue weighted by Gasteiger charge is 2.13. The normalized spacial score (nSPS) is 10.9. The third-order valence-corrected chi connectivity index (χ3v) is 4.86. The number of aromatic hydroxyl groups is 1. The Bertz CT molecular complexity index is 1170. The van der Waals surface area contributed by atoms with Gasteiger partial charge in [-0.15, -0.1) is 0 Å². The molecule has 0 aliphatic heterocycles. The highest BCUT2D eigenvalue weighted by atomic mass is 79.9. The second-order valence-electron chi connectivity index (χ2n) is 6.14. The number of phenols is 1. The number of carbonyl (C=O) groups is 1. The fraction of sp³-hybridized carbons (Fsp3) is 0.0476. The molecule has 4 aromatic rings. The highest BCUT2D eigenvalue weighted by Crippen LogP contribution is 2.31. The lowest BCUT2D eigenvalue weighted by Crippen LogP contribution is -2.13. The van der Waals surface area contributed by atoms with Crippen molar-refractivity contribution in [2.75, 3.05) is 5.32 Å². The van der Waals surface area contributed by atoms with Crippen LogP contribution in [0.25, 0.3) is 22.6 Å². The lowest BCUT2D eigenvalue weighted by molar-refractivity contribution is 0.102. The second-order valence-corrected chi connectivity index (χ2v) is 6.99. The predicted octanol–water partition coefficient (Wildman–Crippen LogP) is 5.52. The Kier molecular flexibility index (Phi) is 4.41. The number of carbonyl (C=O) groups excluding carboxylic acids is 1. The van der Waals surface area contributed by atoms with Gasteiger partial charge in [0.25, 0.3) is 5.91 Å². The first-order valence-electron chi connectivity index (χ1n) is 8.28. The Morgan fingerprint density at radius 1 is 1.11 bits per heavy atom. The molecule has 3 aromatic carbocycles. The summed E-state index contributed by atoms with van der Waals surface area (Å²) >= 11 is 3.29. The third-order valence-electron chi connectivity index (χ3n) is 4.23. The number of nitrogens with zero attached hydrogens (tertiary/aromatic N) is 1. The number of oxazole rings is 1. The van der Waals surface area contributed by atoms with Gasteiger partial charge in [-0.2, -0.15) is 0 Å². The van der Waals surface area contributed by atoms with Crippen LogP contribution in [-0.2, 0) is 0 Å². The molecule has 0 aliphatic carbocycles. The monoisotopic (exact) mass is 422 g/mol. The van der Waals surface area contributed by atoms with Crippen molar-refractivity contribution in [3.63, 3.8) is 0 Å². The zero-order chi connectivity index (χ0) is 19.0. The molecule has 4 rings (SSSR count). The molecule has 0 unspecified atom stereocenters. The van der Waals surface area contributed by atoms with Gasteiger partial charge in [-0.1, -0.05) is 18.2 Å². The molecule has 0 fully saturated rings. The maximum Gasteiger partial charge on any atom is 0.255 e. The molecule has 0 radical (unpaired) electrons. The third kappa shape index (κ3) is 3.44. The Labute approximate surface area is 163 Å². The van der Waals surface area contributed by atoms with E-state index in [4.69, 9.17) is 4.42 Å². The molecule has 27 heavy (non-hydrogen) atoms. The first kappa shape index (κ1) is 17.3. The Morgan fingerprint density at radius 2 is 1.93 bits per heavy atom. The number of anilines is 1. The lowest BCUT2D eigenvalue weighted by Gasteiger charge is -2.07. The minimum absolute atomic E-state index is 0.149. The smallest absolute Gasteiger partial charge is 0.255 e. The molecule has 6 heteroatoms. The van der Waals surface area contributed by atoms with Crippen LogP contribution in [0, 0.1) is 6.92 Å². The van der Waals surface area contributed by atoms with Crippen LogP contribution in [0.1, 0.15) is 15.9 Å². The number of hydrogen-bond donors (Lipinski definition) is 2. The molecule has 1 aromatic heterocycles. The fourth-order valence-electron chi connectivity index (χ4n) is 2.79. The molecule has 0 saturated carbocycles. The minimum atomic E-state index is -0.168. The van der Waals surface area contributed by atoms with Gasteiger partial charge in [-0.05, 0) is 70.9 Å². The van der Waals surface area contributed by atoms with Gasteiger partial charge < -0.3 is 14.8 Å². The molecule has 134 valence electrons. The average Bonchev–Trinajstić information content (AvgIpc) is 3.07. The van der Waals surface area contributed by atoms with Crippen LogP contribution in [0.5, 0.6) is 5.75 Å². The van der Waals surface area contributed by atoms with Crippen LogP contribution < -0.4 is 5.32 Å². The predicted molar refractivity (Wildman–Crippen MR) is 108 cm³/mol. The minimum Gasteiger partial charge on any atom is -0.507 e. The number of benzene rings is 3. The zero-order valence-corrected chi connectivity index (χ0v) is 15.9. The largest absolute Gasteiger partial charge is 0.507 e. The van der Waals surface area contributed by atoms with E-state index in [1.54, 1.807) is 42.5 Å². The van der Waals surface area contributed by atoms with Crippen LogP contribution in [-0.4, -0.2) is 16.0 Å². The molecule has 1 amide bonds. The molecular formula is C21H15BrN2O3. The summed E-state index contributed by atoms with van der Waals surface area (Å²) in [6.07, 6.45) is 0. The van der Waals surface area contributed by atoms with E-state index in [1.165, 1.54) is 0 Å². The van der Waals surface area contributed by atoms with Gasteiger partial charge in [0.2, 0.25) is 5.89 Å². The lowest BCUT2D eigenvalue weighted by atomic mass is 10.1. The van der Waals surface area contributed by atoms with E-state index in [0.717, 1.165) is 11.1 Å². The zero-order valence-electron chi connectivity index (χ0n) is 14.4. The first-order chi connectivity index (χ1) is 13.0. The summed E-state index contributed by atoms with van der Waals surface area (Å²) in [6.45, 7) is 1.90. The van der Waals surface area contributed by atoms with E-state index in [2.05, 4.69) is 26.2 Å². The molecular weight excluding hydrogens is 408 g/mol. The number of hydrogen-bond acceptors (Lipinski definition) is 4. The van der Waals surface area contributed by atoms with E-state index in [0.29, 0.717) is 32.7 Å².